The van der Waals surface area contributed by atoms with Crippen LogP contribution in [0, 0.1) is 0 Å². The molecule has 1 aliphatic rings. The fourth-order valence-electron chi connectivity index (χ4n) is 2.99. The van der Waals surface area contributed by atoms with Crippen LogP contribution in [-0.2, 0) is 13.6 Å². The SMILES string of the molecule is CN1CCN(c2ccnc(NCc3csc(-c4ccn(C)n4)n3)c2)CC1. The third kappa shape index (κ3) is 3.86. The van der Waals surface area contributed by atoms with Crippen molar-refractivity contribution < 1.29 is 0 Å². The summed E-state index contributed by atoms with van der Waals surface area (Å²) in [6.45, 7) is 4.96. The van der Waals surface area contributed by atoms with Crippen LogP contribution in [0.4, 0.5) is 11.5 Å². The first-order valence-corrected chi connectivity index (χ1v) is 9.63. The summed E-state index contributed by atoms with van der Waals surface area (Å²) in [5, 5.41) is 10.8. The summed E-state index contributed by atoms with van der Waals surface area (Å²) < 4.78 is 1.79. The summed E-state index contributed by atoms with van der Waals surface area (Å²) in [6, 6.07) is 6.19. The monoisotopic (exact) mass is 369 g/mol. The molecular formula is C18H23N7S. The van der Waals surface area contributed by atoms with Crippen LogP contribution in [0.2, 0.25) is 0 Å². The van der Waals surface area contributed by atoms with Gasteiger partial charge in [0.25, 0.3) is 0 Å². The molecule has 7 nitrogen and oxygen atoms in total. The van der Waals surface area contributed by atoms with E-state index in [0.29, 0.717) is 6.54 Å². The van der Waals surface area contributed by atoms with Crippen LogP contribution in [0.1, 0.15) is 5.69 Å². The minimum Gasteiger partial charge on any atom is -0.369 e. The van der Waals surface area contributed by atoms with E-state index in [2.05, 4.69) is 54.7 Å². The Morgan fingerprint density at radius 3 is 2.77 bits per heavy atom. The molecule has 1 saturated heterocycles. The van der Waals surface area contributed by atoms with Crippen molar-refractivity contribution in [2.24, 2.45) is 7.05 Å². The normalized spacial score (nSPS) is 15.4. The van der Waals surface area contributed by atoms with E-state index < -0.39 is 0 Å². The van der Waals surface area contributed by atoms with Gasteiger partial charge in [0.2, 0.25) is 0 Å². The minimum absolute atomic E-state index is 0.655. The highest BCUT2D eigenvalue weighted by atomic mass is 32.1. The van der Waals surface area contributed by atoms with Crippen LogP contribution >= 0.6 is 11.3 Å². The Bertz CT molecular complexity index is 864. The molecule has 1 fully saturated rings. The van der Waals surface area contributed by atoms with Crippen molar-refractivity contribution in [2.45, 2.75) is 6.54 Å². The van der Waals surface area contributed by atoms with Gasteiger partial charge in [-0.25, -0.2) is 9.97 Å². The van der Waals surface area contributed by atoms with Gasteiger partial charge in [0, 0.05) is 62.8 Å². The molecule has 3 aromatic heterocycles. The Hall–Kier alpha value is -2.45. The number of anilines is 2. The zero-order chi connectivity index (χ0) is 17.9. The zero-order valence-electron chi connectivity index (χ0n) is 15.1. The first-order valence-electron chi connectivity index (χ1n) is 8.75. The Morgan fingerprint density at radius 1 is 1.15 bits per heavy atom. The number of aromatic nitrogens is 4. The first kappa shape index (κ1) is 17.0. The molecule has 0 amide bonds. The molecule has 0 saturated carbocycles. The molecule has 4 rings (SSSR count). The van der Waals surface area contributed by atoms with Crippen molar-refractivity contribution >= 4 is 22.8 Å². The quantitative estimate of drug-likeness (QED) is 0.745. The summed E-state index contributed by atoms with van der Waals surface area (Å²) in [5.74, 6) is 0.883. The number of nitrogens with one attached hydrogen (secondary N) is 1. The number of thiazole rings is 1. The second kappa shape index (κ2) is 7.43. The van der Waals surface area contributed by atoms with E-state index >= 15 is 0 Å². The van der Waals surface area contributed by atoms with Crippen molar-refractivity contribution in [1.82, 2.24) is 24.6 Å². The molecule has 136 valence electrons. The van der Waals surface area contributed by atoms with Crippen molar-refractivity contribution in [3.05, 3.63) is 41.7 Å². The zero-order valence-corrected chi connectivity index (χ0v) is 15.9. The predicted molar refractivity (Wildman–Crippen MR) is 106 cm³/mol. The standard InChI is InChI=1S/C18H23N7S/c1-23-7-9-25(10-8-23)15-3-5-19-17(11-15)20-12-14-13-26-18(21-14)16-4-6-24(2)22-16/h3-6,11,13H,7-10,12H2,1-2H3,(H,19,20). The van der Waals surface area contributed by atoms with E-state index in [0.717, 1.165) is 48.4 Å². The van der Waals surface area contributed by atoms with Gasteiger partial charge in [-0.2, -0.15) is 5.10 Å². The van der Waals surface area contributed by atoms with Crippen LogP contribution in [0.25, 0.3) is 10.7 Å². The summed E-state index contributed by atoms with van der Waals surface area (Å²) >= 11 is 1.62. The molecule has 1 aliphatic heterocycles. The van der Waals surface area contributed by atoms with E-state index in [9.17, 15) is 0 Å². The lowest BCUT2D eigenvalue weighted by molar-refractivity contribution is 0.313. The highest BCUT2D eigenvalue weighted by Gasteiger charge is 2.14. The van der Waals surface area contributed by atoms with Crippen molar-refractivity contribution in [3.8, 4) is 10.7 Å². The smallest absolute Gasteiger partial charge is 0.144 e. The number of nitrogens with zero attached hydrogens (tertiary/aromatic N) is 6. The molecule has 0 atom stereocenters. The molecule has 0 aromatic carbocycles. The summed E-state index contributed by atoms with van der Waals surface area (Å²) in [7, 11) is 4.09. The average molecular weight is 369 g/mol. The maximum absolute atomic E-state index is 4.67. The largest absolute Gasteiger partial charge is 0.369 e. The molecule has 0 radical (unpaired) electrons. The molecule has 1 N–H and O–H groups in total. The van der Waals surface area contributed by atoms with Crippen LogP contribution < -0.4 is 10.2 Å². The van der Waals surface area contributed by atoms with Crippen molar-refractivity contribution in [3.63, 3.8) is 0 Å². The fraction of sp³-hybridized carbons (Fsp3) is 0.389. The Kier molecular flexibility index (Phi) is 4.85. The fourth-order valence-corrected chi connectivity index (χ4v) is 3.78. The van der Waals surface area contributed by atoms with Gasteiger partial charge in [-0.3, -0.25) is 4.68 Å². The topological polar surface area (TPSA) is 62.1 Å². The molecule has 26 heavy (non-hydrogen) atoms. The maximum Gasteiger partial charge on any atom is 0.144 e. The lowest BCUT2D eigenvalue weighted by Crippen LogP contribution is -2.44. The number of rotatable bonds is 5. The van der Waals surface area contributed by atoms with Crippen LogP contribution in [0.15, 0.2) is 36.0 Å². The van der Waals surface area contributed by atoms with E-state index in [1.165, 1.54) is 5.69 Å². The second-order valence-corrected chi connectivity index (χ2v) is 7.42. The van der Waals surface area contributed by atoms with Gasteiger partial charge in [0.1, 0.15) is 16.5 Å². The van der Waals surface area contributed by atoms with Gasteiger partial charge < -0.3 is 15.1 Å². The van der Waals surface area contributed by atoms with Crippen LogP contribution in [-0.4, -0.2) is 57.9 Å². The molecule has 3 aromatic rings. The lowest BCUT2D eigenvalue weighted by Gasteiger charge is -2.34. The Labute approximate surface area is 157 Å². The molecular weight excluding hydrogens is 346 g/mol. The van der Waals surface area contributed by atoms with E-state index in [1.807, 2.05) is 25.5 Å². The third-order valence-corrected chi connectivity index (χ3v) is 5.46. The van der Waals surface area contributed by atoms with Crippen molar-refractivity contribution in [1.29, 1.82) is 0 Å². The van der Waals surface area contributed by atoms with Gasteiger partial charge >= 0.3 is 0 Å². The Balaban J connectivity index is 1.39. The molecule has 8 heteroatoms. The predicted octanol–water partition coefficient (Wildman–Crippen LogP) is 2.30. The molecule has 0 bridgehead atoms. The number of hydrogen-bond acceptors (Lipinski definition) is 7. The minimum atomic E-state index is 0.655. The number of aryl methyl sites for hydroxylation is 1. The van der Waals surface area contributed by atoms with Gasteiger partial charge in [-0.1, -0.05) is 0 Å². The van der Waals surface area contributed by atoms with Crippen LogP contribution in [0.5, 0.6) is 0 Å². The average Bonchev–Trinajstić information content (AvgIpc) is 3.30. The molecule has 4 heterocycles. The summed E-state index contributed by atoms with van der Waals surface area (Å²) in [5.41, 5.74) is 3.14. The summed E-state index contributed by atoms with van der Waals surface area (Å²) in [6.07, 6.45) is 3.80. The molecule has 0 aliphatic carbocycles. The highest BCUT2D eigenvalue weighted by molar-refractivity contribution is 7.13. The van der Waals surface area contributed by atoms with Gasteiger partial charge in [0.15, 0.2) is 0 Å². The van der Waals surface area contributed by atoms with Gasteiger partial charge in [0.05, 0.1) is 12.2 Å². The highest BCUT2D eigenvalue weighted by Crippen LogP contribution is 2.23. The lowest BCUT2D eigenvalue weighted by atomic mass is 10.2. The summed E-state index contributed by atoms with van der Waals surface area (Å²) in [4.78, 5) is 13.9. The molecule has 0 spiro atoms. The Morgan fingerprint density at radius 2 is 2.00 bits per heavy atom. The first-order chi connectivity index (χ1) is 12.7. The van der Waals surface area contributed by atoms with E-state index in [4.69, 9.17) is 0 Å². The van der Waals surface area contributed by atoms with Gasteiger partial charge in [-0.15, -0.1) is 11.3 Å². The number of pyridine rings is 1. The second-order valence-electron chi connectivity index (χ2n) is 6.56. The third-order valence-electron chi connectivity index (χ3n) is 4.55. The van der Waals surface area contributed by atoms with E-state index in [1.54, 1.807) is 16.0 Å². The van der Waals surface area contributed by atoms with Crippen LogP contribution in [0.3, 0.4) is 0 Å². The van der Waals surface area contributed by atoms with Gasteiger partial charge in [-0.05, 0) is 19.2 Å². The van der Waals surface area contributed by atoms with Crippen molar-refractivity contribution in [2.75, 3.05) is 43.4 Å². The van der Waals surface area contributed by atoms with E-state index in [-0.39, 0.29) is 0 Å². The maximum atomic E-state index is 4.67. The number of piperazine rings is 1. The number of likely N-dealkylation sites (N-methyl/N-ethyl adjacent to an activating group) is 1. The number of hydrogen-bond donors (Lipinski definition) is 1. The molecule has 0 unspecified atom stereocenters.